The van der Waals surface area contributed by atoms with Crippen molar-refractivity contribution in [1.82, 2.24) is 9.97 Å². The molecule has 3 aromatic carbocycles. The predicted octanol–water partition coefficient (Wildman–Crippen LogP) is 4.32. The van der Waals surface area contributed by atoms with Gasteiger partial charge in [0.1, 0.15) is 21.3 Å². The van der Waals surface area contributed by atoms with Gasteiger partial charge in [0.2, 0.25) is 0 Å². The van der Waals surface area contributed by atoms with E-state index in [0.29, 0.717) is 0 Å². The Balaban J connectivity index is 1.64. The number of pyridine rings is 2. The van der Waals surface area contributed by atoms with Crippen molar-refractivity contribution in [2.24, 2.45) is 0 Å². The van der Waals surface area contributed by atoms with Crippen LogP contribution in [0.25, 0.3) is 21.8 Å². The van der Waals surface area contributed by atoms with Crippen molar-refractivity contribution < 1.29 is 25.2 Å². The van der Waals surface area contributed by atoms with Crippen LogP contribution in [0, 0.1) is 0 Å². The molecule has 0 N–H and O–H groups in total. The number of rotatable bonds is 6. The minimum absolute atomic E-state index is 0.112. The summed E-state index contributed by atoms with van der Waals surface area (Å²) in [6.07, 6.45) is 2.62. The molecule has 0 saturated heterocycles. The van der Waals surface area contributed by atoms with E-state index in [1.807, 2.05) is 0 Å². The molecule has 8 nitrogen and oxygen atoms in total. The molecule has 0 saturated carbocycles. The van der Waals surface area contributed by atoms with Crippen LogP contribution < -0.4 is 8.37 Å². The highest BCUT2D eigenvalue weighted by Gasteiger charge is 2.24. The van der Waals surface area contributed by atoms with Crippen LogP contribution in [-0.2, 0) is 20.2 Å². The molecule has 0 amide bonds. The maximum Gasteiger partial charge on any atom is 0.339 e. The predicted molar refractivity (Wildman–Crippen MR) is 126 cm³/mol. The molecule has 0 radical (unpaired) electrons. The number of benzene rings is 3. The van der Waals surface area contributed by atoms with Crippen LogP contribution >= 0.6 is 0 Å². The maximum atomic E-state index is 13.0. The summed E-state index contributed by atoms with van der Waals surface area (Å²) in [5.41, 5.74) is 0.430. The number of fused-ring (bicyclic) bond motifs is 3. The van der Waals surface area contributed by atoms with Crippen molar-refractivity contribution in [3.63, 3.8) is 0 Å². The molecular weight excluding hydrogens is 476 g/mol. The third-order valence-corrected chi connectivity index (χ3v) is 7.59. The molecule has 2 heterocycles. The first-order valence-corrected chi connectivity index (χ1v) is 12.8. The highest BCUT2D eigenvalue weighted by atomic mass is 32.2. The minimum atomic E-state index is -4.20. The van der Waals surface area contributed by atoms with E-state index < -0.39 is 20.2 Å². The van der Waals surface area contributed by atoms with Gasteiger partial charge in [-0.3, -0.25) is 9.97 Å². The van der Waals surface area contributed by atoms with Gasteiger partial charge in [-0.15, -0.1) is 0 Å². The van der Waals surface area contributed by atoms with E-state index in [2.05, 4.69) is 9.97 Å². The maximum absolute atomic E-state index is 13.0. The van der Waals surface area contributed by atoms with E-state index in [4.69, 9.17) is 8.37 Å². The number of hydrogen-bond donors (Lipinski definition) is 0. The SMILES string of the molecule is O=S(=O)(Oc1ccccc1)c1ccnc2c1ccc1c(S(=O)(=O)Oc3ccccc3)ccnc12. The van der Waals surface area contributed by atoms with Gasteiger partial charge in [0.05, 0.1) is 11.0 Å². The molecule has 0 spiro atoms. The van der Waals surface area contributed by atoms with Gasteiger partial charge < -0.3 is 8.37 Å². The van der Waals surface area contributed by atoms with Crippen LogP contribution in [0.15, 0.2) is 107 Å². The van der Waals surface area contributed by atoms with Gasteiger partial charge in [-0.05, 0) is 36.4 Å². The summed E-state index contributed by atoms with van der Waals surface area (Å²) in [5, 5.41) is 0.494. The first-order chi connectivity index (χ1) is 16.4. The number of aromatic nitrogens is 2. The molecule has 0 aliphatic carbocycles. The fourth-order valence-electron chi connectivity index (χ4n) is 3.51. The summed E-state index contributed by atoms with van der Waals surface area (Å²) < 4.78 is 62.5. The smallest absolute Gasteiger partial charge is 0.339 e. The van der Waals surface area contributed by atoms with Crippen LogP contribution in [0.2, 0.25) is 0 Å². The Labute approximate surface area is 195 Å². The molecule has 5 aromatic rings. The van der Waals surface area contributed by atoms with Crippen LogP contribution in [-0.4, -0.2) is 26.8 Å². The standard InChI is InChI=1S/C24H16N2O6S2/c27-33(28,31-17-7-3-1-4-8-17)21-13-15-25-23-19(21)11-12-20-22(14-16-26-24(20)23)34(29,30)32-18-9-5-2-6-10-18/h1-16H. The quantitative estimate of drug-likeness (QED) is 0.254. The molecule has 0 aliphatic heterocycles. The lowest BCUT2D eigenvalue weighted by Gasteiger charge is -2.12. The molecule has 170 valence electrons. The zero-order chi connectivity index (χ0) is 23.8. The minimum Gasteiger partial charge on any atom is -0.379 e. The van der Waals surface area contributed by atoms with Crippen molar-refractivity contribution in [2.75, 3.05) is 0 Å². The molecule has 5 rings (SSSR count). The second-order valence-electron chi connectivity index (χ2n) is 7.18. The van der Waals surface area contributed by atoms with E-state index >= 15 is 0 Å². The van der Waals surface area contributed by atoms with Gasteiger partial charge in [0.25, 0.3) is 0 Å². The molecular formula is C24H16N2O6S2. The first-order valence-electron chi connectivity index (χ1n) is 10.0. The highest BCUT2D eigenvalue weighted by molar-refractivity contribution is 7.87. The zero-order valence-corrected chi connectivity index (χ0v) is 19.0. The summed E-state index contributed by atoms with van der Waals surface area (Å²) >= 11 is 0. The van der Waals surface area contributed by atoms with E-state index in [1.54, 1.807) is 36.4 Å². The van der Waals surface area contributed by atoms with Crippen LogP contribution in [0.5, 0.6) is 11.5 Å². The Hall–Kier alpha value is -4.02. The second kappa shape index (κ2) is 8.40. The fraction of sp³-hybridized carbons (Fsp3) is 0. The van der Waals surface area contributed by atoms with Gasteiger partial charge in [-0.25, -0.2) is 0 Å². The Morgan fingerprint density at radius 1 is 0.500 bits per heavy atom. The summed E-state index contributed by atoms with van der Waals surface area (Å²) in [6.45, 7) is 0. The highest BCUT2D eigenvalue weighted by Crippen LogP contribution is 2.32. The molecule has 10 heteroatoms. The number of hydrogen-bond acceptors (Lipinski definition) is 8. The van der Waals surface area contributed by atoms with Crippen molar-refractivity contribution in [3.05, 3.63) is 97.3 Å². The summed E-state index contributed by atoms with van der Waals surface area (Å²) in [6, 6.07) is 21.9. The Morgan fingerprint density at radius 3 is 1.26 bits per heavy atom. The van der Waals surface area contributed by atoms with Gasteiger partial charge in [0, 0.05) is 23.2 Å². The number of nitrogens with zero attached hydrogens (tertiary/aromatic N) is 2. The lowest BCUT2D eigenvalue weighted by molar-refractivity contribution is 0.485. The topological polar surface area (TPSA) is 113 Å². The first kappa shape index (κ1) is 21.8. The summed E-state index contributed by atoms with van der Waals surface area (Å²) in [4.78, 5) is 8.33. The van der Waals surface area contributed by atoms with Crippen LogP contribution in [0.3, 0.4) is 0 Å². The Morgan fingerprint density at radius 2 is 0.882 bits per heavy atom. The summed E-state index contributed by atoms with van der Waals surface area (Å²) in [7, 11) is -8.40. The van der Waals surface area contributed by atoms with Gasteiger partial charge in [0.15, 0.2) is 0 Å². The lowest BCUT2D eigenvalue weighted by Crippen LogP contribution is -2.12. The largest absolute Gasteiger partial charge is 0.379 e. The van der Waals surface area contributed by atoms with Crippen molar-refractivity contribution >= 4 is 42.0 Å². The van der Waals surface area contributed by atoms with E-state index in [9.17, 15) is 16.8 Å². The Bertz CT molecular complexity index is 1590. The molecule has 0 unspecified atom stereocenters. The van der Waals surface area contributed by atoms with E-state index in [1.165, 1.54) is 60.9 Å². The van der Waals surface area contributed by atoms with E-state index in [-0.39, 0.29) is 43.1 Å². The lowest BCUT2D eigenvalue weighted by atomic mass is 10.1. The van der Waals surface area contributed by atoms with Crippen LogP contribution in [0.4, 0.5) is 0 Å². The molecule has 34 heavy (non-hydrogen) atoms. The third-order valence-electron chi connectivity index (χ3n) is 4.98. The average molecular weight is 493 g/mol. The van der Waals surface area contributed by atoms with Crippen LogP contribution in [0.1, 0.15) is 0 Å². The normalized spacial score (nSPS) is 12.0. The second-order valence-corrected chi connectivity index (χ2v) is 10.2. The average Bonchev–Trinajstić information content (AvgIpc) is 2.84. The van der Waals surface area contributed by atoms with Gasteiger partial charge in [-0.2, -0.15) is 16.8 Å². The number of para-hydroxylation sites is 2. The molecule has 0 fully saturated rings. The van der Waals surface area contributed by atoms with Gasteiger partial charge in [-0.1, -0.05) is 48.5 Å². The van der Waals surface area contributed by atoms with E-state index in [0.717, 1.165) is 0 Å². The van der Waals surface area contributed by atoms with Crippen molar-refractivity contribution in [3.8, 4) is 11.5 Å². The summed E-state index contributed by atoms with van der Waals surface area (Å²) in [5.74, 6) is 0.329. The van der Waals surface area contributed by atoms with Gasteiger partial charge >= 0.3 is 20.2 Å². The zero-order valence-electron chi connectivity index (χ0n) is 17.4. The molecule has 0 bridgehead atoms. The Kier molecular flexibility index (Phi) is 5.39. The van der Waals surface area contributed by atoms with Crippen molar-refractivity contribution in [1.29, 1.82) is 0 Å². The van der Waals surface area contributed by atoms with Crippen molar-refractivity contribution in [2.45, 2.75) is 9.79 Å². The molecule has 0 atom stereocenters. The monoisotopic (exact) mass is 492 g/mol. The fourth-order valence-corrected chi connectivity index (χ4v) is 5.74. The third kappa shape index (κ3) is 4.04. The molecule has 0 aliphatic rings. The molecule has 2 aromatic heterocycles.